The van der Waals surface area contributed by atoms with E-state index in [4.69, 9.17) is 9.47 Å². The number of nitrogens with zero attached hydrogens (tertiary/aromatic N) is 2. The average Bonchev–Trinajstić information content (AvgIpc) is 3.15. The van der Waals surface area contributed by atoms with Crippen molar-refractivity contribution in [2.24, 2.45) is 0 Å². The predicted octanol–water partition coefficient (Wildman–Crippen LogP) is 13.6. The molecule has 0 spiro atoms. The fourth-order valence-corrected chi connectivity index (χ4v) is 6.95. The van der Waals surface area contributed by atoms with Gasteiger partial charge in [0.25, 0.3) is 0 Å². The molecule has 8 nitrogen and oxygen atoms in total. The number of hydrogen-bond acceptors (Lipinski definition) is 6. The molecule has 0 radical (unpaired) electrons. The minimum atomic E-state index is -0.483. The molecule has 54 heavy (non-hydrogen) atoms. The van der Waals surface area contributed by atoms with E-state index in [-0.39, 0.29) is 0 Å². The summed E-state index contributed by atoms with van der Waals surface area (Å²) in [5.74, 6) is 0. The second kappa shape index (κ2) is 37.6. The molecule has 2 amide bonds. The normalized spacial score (nSPS) is 11.4. The van der Waals surface area contributed by atoms with E-state index in [9.17, 15) is 9.59 Å². The van der Waals surface area contributed by atoms with E-state index in [0.717, 1.165) is 51.9 Å². The van der Waals surface area contributed by atoms with Crippen LogP contribution < -0.4 is 10.6 Å². The highest BCUT2D eigenvalue weighted by Crippen LogP contribution is 2.17. The van der Waals surface area contributed by atoms with Gasteiger partial charge >= 0.3 is 12.2 Å². The second-order valence-electron chi connectivity index (χ2n) is 15.9. The number of hydrogen-bond donors (Lipinski definition) is 2. The highest BCUT2D eigenvalue weighted by molar-refractivity contribution is 5.88. The summed E-state index contributed by atoms with van der Waals surface area (Å²) in [7, 11) is 4.37. The molecule has 0 unspecified atom stereocenters. The van der Waals surface area contributed by atoms with Gasteiger partial charge in [-0.3, -0.25) is 10.6 Å². The van der Waals surface area contributed by atoms with Crippen LogP contribution in [-0.2, 0) is 9.47 Å². The lowest BCUT2D eigenvalue weighted by molar-refractivity contribution is 0.157. The Morgan fingerprint density at radius 1 is 0.444 bits per heavy atom. The van der Waals surface area contributed by atoms with Crippen molar-refractivity contribution in [3.05, 3.63) is 24.3 Å². The van der Waals surface area contributed by atoms with Gasteiger partial charge in [0.05, 0.1) is 13.2 Å². The summed E-state index contributed by atoms with van der Waals surface area (Å²) >= 11 is 0. The van der Waals surface area contributed by atoms with Crippen LogP contribution >= 0.6 is 0 Å². The topological polar surface area (TPSA) is 83.1 Å². The van der Waals surface area contributed by atoms with E-state index in [1.165, 1.54) is 154 Å². The second-order valence-corrected chi connectivity index (χ2v) is 15.9. The number of amides is 2. The Bertz CT molecular complexity index is 920. The quantitative estimate of drug-likeness (QED) is 0.0654. The van der Waals surface area contributed by atoms with E-state index in [2.05, 4.69) is 48.4 Å². The molecular weight excluding hydrogens is 673 g/mol. The van der Waals surface area contributed by atoms with Crippen LogP contribution in [-0.4, -0.2) is 75.5 Å². The number of anilines is 2. The number of unbranched alkanes of at least 4 members (excludes halogenated alkanes) is 24. The lowest BCUT2D eigenvalue weighted by atomic mass is 10.1. The molecule has 1 aromatic carbocycles. The van der Waals surface area contributed by atoms with Crippen molar-refractivity contribution in [3.8, 4) is 0 Å². The van der Waals surface area contributed by atoms with Gasteiger partial charge in [0.15, 0.2) is 0 Å². The van der Waals surface area contributed by atoms with Crippen molar-refractivity contribution in [2.45, 2.75) is 194 Å². The van der Waals surface area contributed by atoms with Gasteiger partial charge in [0.2, 0.25) is 0 Å². The third-order valence-corrected chi connectivity index (χ3v) is 10.5. The fourth-order valence-electron chi connectivity index (χ4n) is 6.95. The highest BCUT2D eigenvalue weighted by Gasteiger charge is 2.08. The van der Waals surface area contributed by atoms with Crippen molar-refractivity contribution < 1.29 is 19.1 Å². The summed E-state index contributed by atoms with van der Waals surface area (Å²) < 4.78 is 10.8. The first-order valence-corrected chi connectivity index (χ1v) is 22.8. The van der Waals surface area contributed by atoms with Crippen molar-refractivity contribution in [1.82, 2.24) is 9.80 Å². The van der Waals surface area contributed by atoms with Gasteiger partial charge in [-0.25, -0.2) is 9.59 Å². The zero-order chi connectivity index (χ0) is 39.2. The number of rotatable bonds is 38. The molecule has 0 bridgehead atoms. The van der Waals surface area contributed by atoms with Crippen molar-refractivity contribution in [2.75, 3.05) is 64.1 Å². The molecule has 0 fully saturated rings. The zero-order valence-corrected chi connectivity index (χ0v) is 35.9. The molecule has 1 aromatic rings. The summed E-state index contributed by atoms with van der Waals surface area (Å²) in [6.45, 7) is 9.63. The minimum Gasteiger partial charge on any atom is -0.449 e. The van der Waals surface area contributed by atoms with Crippen LogP contribution in [0.1, 0.15) is 194 Å². The maximum Gasteiger partial charge on any atom is 0.411 e. The number of nitrogens with one attached hydrogen (secondary N) is 2. The summed E-state index contributed by atoms with van der Waals surface area (Å²) in [6.07, 6.45) is 35.7. The van der Waals surface area contributed by atoms with Crippen molar-refractivity contribution in [3.63, 3.8) is 0 Å². The van der Waals surface area contributed by atoms with Gasteiger partial charge in [-0.2, -0.15) is 0 Å². The van der Waals surface area contributed by atoms with E-state index in [1.54, 1.807) is 24.3 Å². The van der Waals surface area contributed by atoms with Gasteiger partial charge in [-0.1, -0.05) is 161 Å². The zero-order valence-electron chi connectivity index (χ0n) is 35.9. The Morgan fingerprint density at radius 2 is 0.722 bits per heavy atom. The number of carbonyl (C=O) groups excluding carboxylic acids is 2. The fraction of sp³-hybridized carbons (Fsp3) is 0.826. The first-order valence-electron chi connectivity index (χ1n) is 22.8. The molecule has 0 heterocycles. The van der Waals surface area contributed by atoms with E-state index in [1.807, 2.05) is 0 Å². The summed E-state index contributed by atoms with van der Waals surface area (Å²) in [4.78, 5) is 29.5. The molecule has 314 valence electrons. The van der Waals surface area contributed by atoms with Gasteiger partial charge < -0.3 is 19.3 Å². The summed E-state index contributed by atoms with van der Waals surface area (Å²) in [5.41, 5.74) is 1.13. The summed E-state index contributed by atoms with van der Waals surface area (Å²) in [5, 5.41) is 5.52. The van der Waals surface area contributed by atoms with E-state index < -0.39 is 12.2 Å². The smallest absolute Gasteiger partial charge is 0.411 e. The highest BCUT2D eigenvalue weighted by atomic mass is 16.6. The van der Waals surface area contributed by atoms with Gasteiger partial charge in [-0.05, 0) is 97.0 Å². The SMILES string of the molecule is CCCCCCCCCCCCCCN(C)CCCCOC(=O)Nc1cccc(NC(=O)OCCCCN(C)CCCCCCCCCCCCCC)c1. The molecule has 8 heteroatoms. The van der Waals surface area contributed by atoms with Crippen LogP contribution in [0.3, 0.4) is 0 Å². The van der Waals surface area contributed by atoms with Crippen LogP contribution in [0.15, 0.2) is 24.3 Å². The van der Waals surface area contributed by atoms with Crippen LogP contribution in [0.5, 0.6) is 0 Å². The number of carbonyl (C=O) groups is 2. The van der Waals surface area contributed by atoms with Crippen LogP contribution in [0.4, 0.5) is 21.0 Å². The molecule has 0 aromatic heterocycles. The van der Waals surface area contributed by atoms with E-state index in [0.29, 0.717) is 24.6 Å². The van der Waals surface area contributed by atoms with E-state index >= 15 is 0 Å². The van der Waals surface area contributed by atoms with Crippen molar-refractivity contribution >= 4 is 23.6 Å². The Hall–Kier alpha value is -2.32. The molecule has 0 aliphatic rings. The number of ether oxygens (including phenoxy) is 2. The number of benzene rings is 1. The maximum absolute atomic E-state index is 12.3. The Labute approximate surface area is 333 Å². The average molecular weight is 759 g/mol. The Morgan fingerprint density at radius 3 is 1.04 bits per heavy atom. The molecule has 0 atom stereocenters. The molecule has 1 rings (SSSR count). The standard InChI is InChI=1S/C46H86N4O4/c1-5-7-9-11-13-15-17-19-21-23-25-27-36-49(3)38-29-31-40-53-45(51)47-43-34-33-35-44(42-43)48-46(52)54-41-32-30-39-50(4)37-28-26-24-22-20-18-16-14-12-10-8-6-2/h33-35,42H,5-32,36-41H2,1-4H3,(H,47,51)(H,48,52). The van der Waals surface area contributed by atoms with Crippen molar-refractivity contribution in [1.29, 1.82) is 0 Å². The van der Waals surface area contributed by atoms with Gasteiger partial charge in [-0.15, -0.1) is 0 Å². The summed E-state index contributed by atoms with van der Waals surface area (Å²) in [6, 6.07) is 7.04. The lowest BCUT2D eigenvalue weighted by Crippen LogP contribution is -2.21. The largest absolute Gasteiger partial charge is 0.449 e. The van der Waals surface area contributed by atoms with Crippen LogP contribution in [0, 0.1) is 0 Å². The lowest BCUT2D eigenvalue weighted by Gasteiger charge is -2.16. The minimum absolute atomic E-state index is 0.387. The molecule has 0 saturated carbocycles. The first-order chi connectivity index (χ1) is 26.4. The molecule has 0 aliphatic heterocycles. The first kappa shape index (κ1) is 49.7. The maximum atomic E-state index is 12.3. The monoisotopic (exact) mass is 759 g/mol. The third kappa shape index (κ3) is 33.1. The Balaban J connectivity index is 2.00. The third-order valence-electron chi connectivity index (χ3n) is 10.5. The molecule has 2 N–H and O–H groups in total. The predicted molar refractivity (Wildman–Crippen MR) is 232 cm³/mol. The van der Waals surface area contributed by atoms with Gasteiger partial charge in [0.1, 0.15) is 0 Å². The van der Waals surface area contributed by atoms with Gasteiger partial charge in [0, 0.05) is 11.4 Å². The van der Waals surface area contributed by atoms with Crippen LogP contribution in [0.25, 0.3) is 0 Å². The molecular formula is C46H86N4O4. The molecule has 0 saturated heterocycles. The Kier molecular flexibility index (Phi) is 34.6. The van der Waals surface area contributed by atoms with Crippen LogP contribution in [0.2, 0.25) is 0 Å². The molecule has 0 aliphatic carbocycles.